The van der Waals surface area contributed by atoms with E-state index in [-0.39, 0.29) is 6.79 Å². The molecule has 24 heavy (non-hydrogen) atoms. The number of ether oxygens (including phenoxy) is 1. The third-order valence-corrected chi connectivity index (χ3v) is 5.06. The second-order valence-electron chi connectivity index (χ2n) is 4.99. The highest BCUT2D eigenvalue weighted by Crippen LogP contribution is 2.23. The van der Waals surface area contributed by atoms with Gasteiger partial charge in [0.1, 0.15) is 0 Å². The molecule has 0 aliphatic rings. The number of sulfonamides is 1. The van der Waals surface area contributed by atoms with Crippen LogP contribution in [0.2, 0.25) is 0 Å². The number of methoxy groups -OCH3 is 1. The Kier molecular flexibility index (Phi) is 7.77. The van der Waals surface area contributed by atoms with Crippen LogP contribution < -0.4 is 5.32 Å². The summed E-state index contributed by atoms with van der Waals surface area (Å²) in [5.41, 5.74) is -0.0521. The van der Waals surface area contributed by atoms with Crippen LogP contribution in [0.25, 0.3) is 0 Å². The first-order valence-corrected chi connectivity index (χ1v) is 8.99. The monoisotopic (exact) mass is 360 g/mol. The van der Waals surface area contributed by atoms with Gasteiger partial charge in [0, 0.05) is 19.8 Å². The minimum atomic E-state index is -4.40. The Morgan fingerprint density at radius 3 is 2.29 bits per heavy atom. The molecular weight excluding hydrogens is 336 g/mol. The molecule has 2 N–H and O–H groups in total. The third-order valence-electron chi connectivity index (χ3n) is 3.46. The number of carbonyl (C=O) groups excluding carboxylic acids is 1. The van der Waals surface area contributed by atoms with Crippen molar-refractivity contribution in [2.75, 3.05) is 26.3 Å². The van der Waals surface area contributed by atoms with Crippen LogP contribution in [-0.4, -0.2) is 50.3 Å². The molecular formula is C15H24N2O6S. The van der Waals surface area contributed by atoms with E-state index >= 15 is 0 Å². The van der Waals surface area contributed by atoms with E-state index in [1.807, 2.05) is 32.0 Å². The number of aryl methyl sites for hydroxylation is 2. The second-order valence-corrected chi connectivity index (χ2v) is 6.98. The Morgan fingerprint density at radius 2 is 1.83 bits per heavy atom. The standard InChI is InChI=1S/C15H24N2O6S/c1-5-11-8-7-9-12(6-2)13(11)16-14(18)15(19)24(20,21)17(3)23-10-22-4/h7-9,15,19H,5-6,10H2,1-4H3,(H,16,18). The van der Waals surface area contributed by atoms with Gasteiger partial charge in [-0.05, 0) is 24.0 Å². The predicted octanol–water partition coefficient (Wildman–Crippen LogP) is 0.865. The van der Waals surface area contributed by atoms with Crippen molar-refractivity contribution in [3.63, 3.8) is 0 Å². The van der Waals surface area contributed by atoms with E-state index in [4.69, 9.17) is 4.84 Å². The number of nitrogens with zero attached hydrogens (tertiary/aromatic N) is 1. The first kappa shape index (κ1) is 20.5. The van der Waals surface area contributed by atoms with E-state index in [0.717, 1.165) is 18.2 Å². The fourth-order valence-electron chi connectivity index (χ4n) is 2.06. The van der Waals surface area contributed by atoms with Crippen LogP contribution in [0.15, 0.2) is 18.2 Å². The Labute approximate surface area is 142 Å². The van der Waals surface area contributed by atoms with Gasteiger partial charge in [0.15, 0.2) is 6.79 Å². The van der Waals surface area contributed by atoms with Gasteiger partial charge >= 0.3 is 0 Å². The largest absolute Gasteiger partial charge is 0.368 e. The van der Waals surface area contributed by atoms with Crippen LogP contribution in [0, 0.1) is 0 Å². The van der Waals surface area contributed by atoms with Crippen LogP contribution in [-0.2, 0) is 37.2 Å². The number of aliphatic hydroxyl groups is 1. The van der Waals surface area contributed by atoms with Crippen molar-refractivity contribution in [3.05, 3.63) is 29.3 Å². The average Bonchev–Trinajstić information content (AvgIpc) is 2.58. The summed E-state index contributed by atoms with van der Waals surface area (Å²) in [7, 11) is -2.01. The van der Waals surface area contributed by atoms with Crippen LogP contribution in [0.4, 0.5) is 5.69 Å². The van der Waals surface area contributed by atoms with Gasteiger partial charge in [-0.15, -0.1) is 0 Å². The number of hydrogen-bond acceptors (Lipinski definition) is 6. The first-order chi connectivity index (χ1) is 11.3. The molecule has 0 aromatic heterocycles. The lowest BCUT2D eigenvalue weighted by atomic mass is 10.0. The van der Waals surface area contributed by atoms with Crippen LogP contribution in [0.3, 0.4) is 0 Å². The average molecular weight is 360 g/mol. The summed E-state index contributed by atoms with van der Waals surface area (Å²) in [4.78, 5) is 17.0. The van der Waals surface area contributed by atoms with E-state index in [1.165, 1.54) is 7.11 Å². The highest BCUT2D eigenvalue weighted by molar-refractivity contribution is 7.90. The number of anilines is 1. The fraction of sp³-hybridized carbons (Fsp3) is 0.533. The predicted molar refractivity (Wildman–Crippen MR) is 89.5 cm³/mol. The molecule has 0 aliphatic carbocycles. The number of benzene rings is 1. The molecule has 0 heterocycles. The first-order valence-electron chi connectivity index (χ1n) is 7.48. The number of hydrogen-bond donors (Lipinski definition) is 2. The van der Waals surface area contributed by atoms with Crippen LogP contribution in [0.1, 0.15) is 25.0 Å². The van der Waals surface area contributed by atoms with Gasteiger partial charge in [0.05, 0.1) is 0 Å². The molecule has 0 saturated carbocycles. The summed E-state index contributed by atoms with van der Waals surface area (Å²) in [6.07, 6.45) is 1.31. The Hall–Kier alpha value is -1.52. The van der Waals surface area contributed by atoms with E-state index in [1.54, 1.807) is 0 Å². The lowest BCUT2D eigenvalue weighted by Crippen LogP contribution is -2.43. The number of amides is 1. The molecule has 1 amide bonds. The van der Waals surface area contributed by atoms with E-state index in [0.29, 0.717) is 23.0 Å². The topological polar surface area (TPSA) is 105 Å². The van der Waals surface area contributed by atoms with Gasteiger partial charge in [0.25, 0.3) is 21.4 Å². The molecule has 1 aromatic carbocycles. The smallest absolute Gasteiger partial charge is 0.272 e. The molecule has 1 rings (SSSR count). The molecule has 1 atom stereocenters. The summed E-state index contributed by atoms with van der Waals surface area (Å²) in [5, 5.41) is 12.5. The molecule has 8 nitrogen and oxygen atoms in total. The van der Waals surface area contributed by atoms with Crippen LogP contribution >= 0.6 is 0 Å². The van der Waals surface area contributed by atoms with Crippen molar-refractivity contribution >= 4 is 21.6 Å². The van der Waals surface area contributed by atoms with Gasteiger partial charge in [-0.3, -0.25) is 9.63 Å². The Bertz CT molecular complexity index is 640. The molecule has 0 bridgehead atoms. The van der Waals surface area contributed by atoms with Crippen molar-refractivity contribution in [1.82, 2.24) is 4.47 Å². The molecule has 1 unspecified atom stereocenters. The van der Waals surface area contributed by atoms with Crippen molar-refractivity contribution in [1.29, 1.82) is 0 Å². The molecule has 0 saturated heterocycles. The van der Waals surface area contributed by atoms with Crippen molar-refractivity contribution in [3.8, 4) is 0 Å². The normalized spacial score (nSPS) is 13.1. The quantitative estimate of drug-likeness (QED) is 0.500. The van der Waals surface area contributed by atoms with Gasteiger partial charge in [-0.1, -0.05) is 36.5 Å². The summed E-state index contributed by atoms with van der Waals surface area (Å²) in [5.74, 6) is -1.04. The minimum absolute atomic E-state index is 0.331. The Balaban J connectivity index is 2.99. The van der Waals surface area contributed by atoms with E-state index in [9.17, 15) is 18.3 Å². The maximum Gasteiger partial charge on any atom is 0.272 e. The number of nitrogens with one attached hydrogen (secondary N) is 1. The molecule has 0 aliphatic heterocycles. The van der Waals surface area contributed by atoms with Crippen LogP contribution in [0.5, 0.6) is 0 Å². The van der Waals surface area contributed by atoms with Gasteiger partial charge in [-0.25, -0.2) is 8.42 Å². The number of hydroxylamine groups is 1. The zero-order valence-electron chi connectivity index (χ0n) is 14.3. The van der Waals surface area contributed by atoms with E-state index < -0.39 is 21.4 Å². The number of aliphatic hydroxyl groups excluding tert-OH is 1. The molecule has 0 fully saturated rings. The minimum Gasteiger partial charge on any atom is -0.368 e. The SMILES string of the molecule is CCc1cccc(CC)c1NC(=O)C(O)S(=O)(=O)N(C)OCOC. The number of rotatable bonds is 9. The lowest BCUT2D eigenvalue weighted by Gasteiger charge is -2.21. The maximum absolute atomic E-state index is 12.2. The lowest BCUT2D eigenvalue weighted by molar-refractivity contribution is -0.153. The van der Waals surface area contributed by atoms with Crippen molar-refractivity contribution in [2.45, 2.75) is 32.1 Å². The second kappa shape index (κ2) is 9.09. The van der Waals surface area contributed by atoms with Gasteiger partial charge in [0.2, 0.25) is 0 Å². The highest BCUT2D eigenvalue weighted by atomic mass is 32.2. The summed E-state index contributed by atoms with van der Waals surface area (Å²) < 4.78 is 29.2. The van der Waals surface area contributed by atoms with Gasteiger partial charge < -0.3 is 15.2 Å². The molecule has 136 valence electrons. The highest BCUT2D eigenvalue weighted by Gasteiger charge is 2.35. The molecule has 1 aromatic rings. The third kappa shape index (κ3) is 4.74. The van der Waals surface area contributed by atoms with Gasteiger partial charge in [-0.2, -0.15) is 0 Å². The zero-order valence-corrected chi connectivity index (χ0v) is 15.1. The van der Waals surface area contributed by atoms with E-state index in [2.05, 4.69) is 10.1 Å². The summed E-state index contributed by atoms with van der Waals surface area (Å²) in [6.45, 7) is 3.51. The van der Waals surface area contributed by atoms with Crippen molar-refractivity contribution < 1.29 is 27.9 Å². The number of para-hydroxylation sites is 1. The summed E-state index contributed by atoms with van der Waals surface area (Å²) in [6, 6.07) is 5.54. The Morgan fingerprint density at radius 1 is 1.29 bits per heavy atom. The number of carbonyl (C=O) groups is 1. The zero-order chi connectivity index (χ0) is 18.3. The molecule has 0 radical (unpaired) electrons. The van der Waals surface area contributed by atoms with Crippen molar-refractivity contribution in [2.24, 2.45) is 0 Å². The fourth-order valence-corrected chi connectivity index (χ4v) is 2.86. The molecule has 9 heteroatoms. The molecule has 0 spiro atoms. The summed E-state index contributed by atoms with van der Waals surface area (Å²) >= 11 is 0. The maximum atomic E-state index is 12.2.